The molecule has 0 saturated heterocycles. The van der Waals surface area contributed by atoms with Crippen LogP contribution >= 0.6 is 11.6 Å². The van der Waals surface area contributed by atoms with Gasteiger partial charge >= 0.3 is 0 Å². The lowest BCUT2D eigenvalue weighted by Gasteiger charge is -1.96. The van der Waals surface area contributed by atoms with Crippen LogP contribution in [0.15, 0.2) is 0 Å². The number of alkyl halides is 1. The van der Waals surface area contributed by atoms with Crippen molar-refractivity contribution in [1.29, 1.82) is 0 Å². The maximum absolute atomic E-state index is 5.41. The van der Waals surface area contributed by atoms with Gasteiger partial charge in [0.1, 0.15) is 0 Å². The molecule has 0 unspecified atom stereocenters. The summed E-state index contributed by atoms with van der Waals surface area (Å²) in [6, 6.07) is 0. The number of hydrogen-bond donors (Lipinski definition) is 0. The van der Waals surface area contributed by atoms with Gasteiger partial charge in [0.15, 0.2) is 0 Å². The van der Waals surface area contributed by atoms with E-state index in [1.165, 1.54) is 38.5 Å². The molecular weight excluding hydrogens is 168 g/mol. The summed E-state index contributed by atoms with van der Waals surface area (Å²) in [7, 11) is 0. The van der Waals surface area contributed by atoms with E-state index in [1.807, 2.05) is 0 Å². The molecule has 1 heteroatoms. The number of hydrogen-bond acceptors (Lipinski definition) is 0. The molecule has 0 aromatic rings. The molecule has 0 aliphatic heterocycles. The topological polar surface area (TPSA) is 0 Å². The third-order valence-corrected chi connectivity index (χ3v) is 1.98. The lowest BCUT2D eigenvalue weighted by molar-refractivity contribution is 0.614. The molecule has 0 aliphatic carbocycles. The largest absolute Gasteiger partial charge is 0.113 e. The van der Waals surface area contributed by atoms with Crippen molar-refractivity contribution in [2.45, 2.75) is 51.9 Å². The first-order valence-electron chi connectivity index (χ1n) is 4.93. The van der Waals surface area contributed by atoms with E-state index < -0.39 is 0 Å². The second-order valence-electron chi connectivity index (χ2n) is 3.00. The monoisotopic (exact) mass is 186 g/mol. The first-order chi connectivity index (χ1) is 5.91. The Balaban J connectivity index is 2.91. The Bertz CT molecular complexity index is 130. The Hall–Kier alpha value is -0.150. The molecule has 0 aromatic heterocycles. The smallest absolute Gasteiger partial charge is 0.0835 e. The van der Waals surface area contributed by atoms with Gasteiger partial charge in [0, 0.05) is 6.42 Å². The zero-order valence-electron chi connectivity index (χ0n) is 8.03. The van der Waals surface area contributed by atoms with E-state index >= 15 is 0 Å². The van der Waals surface area contributed by atoms with Gasteiger partial charge in [-0.15, -0.1) is 17.5 Å². The predicted molar refractivity (Wildman–Crippen MR) is 56.5 cm³/mol. The lowest BCUT2D eigenvalue weighted by Crippen LogP contribution is -1.77. The second-order valence-corrected chi connectivity index (χ2v) is 3.27. The van der Waals surface area contributed by atoms with E-state index in [9.17, 15) is 0 Å². The van der Waals surface area contributed by atoms with Crippen LogP contribution < -0.4 is 0 Å². The summed E-state index contributed by atoms with van der Waals surface area (Å²) in [5, 5.41) is 0. The van der Waals surface area contributed by atoms with Gasteiger partial charge in [0.25, 0.3) is 0 Å². The number of halogens is 1. The standard InChI is InChI=1S/C11H19Cl/c1-2-3-4-5-6-7-8-9-10-11-12/h2-8,11H2,1H3. The molecule has 0 heterocycles. The Labute approximate surface area is 81.7 Å². The Morgan fingerprint density at radius 1 is 0.917 bits per heavy atom. The summed E-state index contributed by atoms with van der Waals surface area (Å²) in [6.45, 7) is 2.24. The van der Waals surface area contributed by atoms with Gasteiger partial charge in [0.2, 0.25) is 0 Å². The summed E-state index contributed by atoms with van der Waals surface area (Å²) in [5.41, 5.74) is 0. The van der Waals surface area contributed by atoms with Crippen LogP contribution in [-0.2, 0) is 0 Å². The van der Waals surface area contributed by atoms with Gasteiger partial charge in [-0.25, -0.2) is 0 Å². The zero-order chi connectivity index (χ0) is 9.07. The van der Waals surface area contributed by atoms with Crippen molar-refractivity contribution in [3.63, 3.8) is 0 Å². The minimum Gasteiger partial charge on any atom is -0.113 e. The van der Waals surface area contributed by atoms with Crippen molar-refractivity contribution in [2.24, 2.45) is 0 Å². The first-order valence-corrected chi connectivity index (χ1v) is 5.47. The van der Waals surface area contributed by atoms with Crippen LogP contribution in [0.3, 0.4) is 0 Å². The first kappa shape index (κ1) is 11.8. The average Bonchev–Trinajstić information content (AvgIpc) is 2.10. The Kier molecular flexibility index (Phi) is 10.7. The quantitative estimate of drug-likeness (QED) is 0.335. The third kappa shape index (κ3) is 9.85. The van der Waals surface area contributed by atoms with E-state index in [1.54, 1.807) is 0 Å². The van der Waals surface area contributed by atoms with E-state index in [4.69, 9.17) is 11.6 Å². The molecule has 0 spiro atoms. The Morgan fingerprint density at radius 2 is 1.58 bits per heavy atom. The van der Waals surface area contributed by atoms with E-state index in [0.29, 0.717) is 5.88 Å². The van der Waals surface area contributed by atoms with Gasteiger partial charge in [-0.05, 0) is 6.42 Å². The molecule has 0 fully saturated rings. The highest BCUT2D eigenvalue weighted by Gasteiger charge is 1.87. The minimum absolute atomic E-state index is 0.482. The number of unbranched alkanes of at least 4 members (excludes halogenated alkanes) is 6. The molecule has 0 rings (SSSR count). The fraction of sp³-hybridized carbons (Fsp3) is 0.818. The van der Waals surface area contributed by atoms with Gasteiger partial charge in [-0.1, -0.05) is 44.9 Å². The average molecular weight is 187 g/mol. The molecular formula is C11H19Cl. The third-order valence-electron chi connectivity index (χ3n) is 1.85. The SMILES string of the molecule is CCCCCCCCC#CCCl. The highest BCUT2D eigenvalue weighted by Crippen LogP contribution is 2.05. The van der Waals surface area contributed by atoms with Crippen LogP contribution in [0.5, 0.6) is 0 Å². The molecule has 0 aromatic carbocycles. The molecule has 12 heavy (non-hydrogen) atoms. The molecule has 0 radical (unpaired) electrons. The van der Waals surface area contributed by atoms with E-state index in [0.717, 1.165) is 6.42 Å². The van der Waals surface area contributed by atoms with Crippen LogP contribution in [0.2, 0.25) is 0 Å². The Morgan fingerprint density at radius 3 is 2.25 bits per heavy atom. The summed E-state index contributed by atoms with van der Waals surface area (Å²) in [6.07, 6.45) is 9.07. The van der Waals surface area contributed by atoms with Crippen molar-refractivity contribution in [2.75, 3.05) is 5.88 Å². The number of rotatable bonds is 6. The van der Waals surface area contributed by atoms with Crippen molar-refractivity contribution in [1.82, 2.24) is 0 Å². The molecule has 0 bridgehead atoms. The van der Waals surface area contributed by atoms with Crippen LogP contribution in [0.4, 0.5) is 0 Å². The molecule has 0 atom stereocenters. The summed E-state index contributed by atoms with van der Waals surface area (Å²) in [4.78, 5) is 0. The molecule has 0 nitrogen and oxygen atoms in total. The highest BCUT2D eigenvalue weighted by molar-refractivity contribution is 6.19. The summed E-state index contributed by atoms with van der Waals surface area (Å²) in [5.74, 6) is 6.39. The fourth-order valence-electron chi connectivity index (χ4n) is 1.13. The van der Waals surface area contributed by atoms with Crippen LogP contribution in [0.1, 0.15) is 51.9 Å². The highest BCUT2D eigenvalue weighted by atomic mass is 35.5. The summed E-state index contributed by atoms with van der Waals surface area (Å²) < 4.78 is 0. The fourth-order valence-corrected chi connectivity index (χ4v) is 1.22. The van der Waals surface area contributed by atoms with Crippen molar-refractivity contribution >= 4 is 11.6 Å². The molecule has 0 aliphatic rings. The van der Waals surface area contributed by atoms with Crippen molar-refractivity contribution < 1.29 is 0 Å². The molecule has 70 valence electrons. The molecule has 0 N–H and O–H groups in total. The van der Waals surface area contributed by atoms with E-state index in [2.05, 4.69) is 18.8 Å². The van der Waals surface area contributed by atoms with E-state index in [-0.39, 0.29) is 0 Å². The molecule has 0 saturated carbocycles. The predicted octanol–water partition coefficient (Wildman–Crippen LogP) is 3.98. The maximum Gasteiger partial charge on any atom is 0.0835 e. The van der Waals surface area contributed by atoms with Crippen molar-refractivity contribution in [3.05, 3.63) is 0 Å². The van der Waals surface area contributed by atoms with Gasteiger partial charge in [-0.2, -0.15) is 0 Å². The zero-order valence-corrected chi connectivity index (χ0v) is 8.79. The molecule has 0 amide bonds. The van der Waals surface area contributed by atoms with Gasteiger partial charge in [-0.3, -0.25) is 0 Å². The van der Waals surface area contributed by atoms with Crippen LogP contribution in [-0.4, -0.2) is 5.88 Å². The lowest BCUT2D eigenvalue weighted by atomic mass is 10.1. The van der Waals surface area contributed by atoms with Crippen LogP contribution in [0, 0.1) is 11.8 Å². The summed E-state index contributed by atoms with van der Waals surface area (Å²) >= 11 is 5.41. The minimum atomic E-state index is 0.482. The van der Waals surface area contributed by atoms with Crippen molar-refractivity contribution in [3.8, 4) is 11.8 Å². The van der Waals surface area contributed by atoms with Crippen LogP contribution in [0.25, 0.3) is 0 Å². The second kappa shape index (κ2) is 10.8. The van der Waals surface area contributed by atoms with Gasteiger partial charge < -0.3 is 0 Å². The maximum atomic E-state index is 5.41. The normalized spacial score (nSPS) is 9.17. The van der Waals surface area contributed by atoms with Gasteiger partial charge in [0.05, 0.1) is 5.88 Å².